The predicted octanol–water partition coefficient (Wildman–Crippen LogP) is 1.24. The Hall–Kier alpha value is -1.60. The van der Waals surface area contributed by atoms with Crippen molar-refractivity contribution in [3.05, 3.63) is 23.3 Å². The molecule has 6 nitrogen and oxygen atoms in total. The van der Waals surface area contributed by atoms with Gasteiger partial charge in [-0.15, -0.1) is 0 Å². The number of nitrogens with two attached hydrogens (primary N) is 1. The van der Waals surface area contributed by atoms with Crippen LogP contribution < -0.4 is 15.2 Å². The molecule has 3 N–H and O–H groups in total. The van der Waals surface area contributed by atoms with E-state index in [1.807, 2.05) is 6.92 Å². The highest BCUT2D eigenvalue weighted by atomic mass is 32.2. The molecule has 7 heteroatoms. The van der Waals surface area contributed by atoms with Crippen molar-refractivity contribution >= 4 is 15.9 Å². The molecule has 0 bridgehead atoms. The number of rotatable bonds is 6. The smallest absolute Gasteiger partial charge is 0.260 e. The third-order valence-electron chi connectivity index (χ3n) is 3.00. The van der Waals surface area contributed by atoms with Gasteiger partial charge in [-0.2, -0.15) is 0 Å². The Morgan fingerprint density at radius 1 is 1.33 bits per heavy atom. The summed E-state index contributed by atoms with van der Waals surface area (Å²) in [5, 5.41) is 7.89. The second-order valence-corrected chi connectivity index (χ2v) is 6.51. The molecule has 1 aromatic carbocycles. The summed E-state index contributed by atoms with van der Waals surface area (Å²) in [5.74, 6) is 0.267. The highest BCUT2D eigenvalue weighted by Gasteiger charge is 2.18. The number of hydrogen-bond acceptors (Lipinski definition) is 4. The van der Waals surface area contributed by atoms with Crippen molar-refractivity contribution in [3.8, 4) is 5.75 Å². The van der Waals surface area contributed by atoms with Gasteiger partial charge >= 0.3 is 0 Å². The van der Waals surface area contributed by atoms with Crippen LogP contribution in [0, 0.1) is 13.8 Å². The monoisotopic (exact) mass is 314 g/mol. The molecule has 1 unspecified atom stereocenters. The SMILES string of the molecule is CCCNC(=O)C(C)Oc1cc(C)c(S(N)(=O)=O)cc1C. The number of sulfonamides is 1. The van der Waals surface area contributed by atoms with Crippen LogP contribution >= 0.6 is 0 Å². The first-order valence-electron chi connectivity index (χ1n) is 6.75. The number of benzene rings is 1. The van der Waals surface area contributed by atoms with Gasteiger partial charge in [0.25, 0.3) is 5.91 Å². The zero-order valence-corrected chi connectivity index (χ0v) is 13.6. The largest absolute Gasteiger partial charge is 0.481 e. The Balaban J connectivity index is 2.96. The molecule has 1 aromatic rings. The molecule has 118 valence electrons. The fraction of sp³-hybridized carbons (Fsp3) is 0.500. The Morgan fingerprint density at radius 2 is 1.95 bits per heavy atom. The van der Waals surface area contributed by atoms with Gasteiger partial charge in [0.15, 0.2) is 6.10 Å². The zero-order valence-electron chi connectivity index (χ0n) is 12.8. The van der Waals surface area contributed by atoms with E-state index >= 15 is 0 Å². The summed E-state index contributed by atoms with van der Waals surface area (Å²) < 4.78 is 28.5. The van der Waals surface area contributed by atoms with Crippen LogP contribution in [0.25, 0.3) is 0 Å². The van der Waals surface area contributed by atoms with E-state index in [1.54, 1.807) is 26.8 Å². The first-order valence-corrected chi connectivity index (χ1v) is 8.29. The second kappa shape index (κ2) is 6.91. The number of aryl methyl sites for hydroxylation is 2. The Labute approximate surface area is 125 Å². The highest BCUT2D eigenvalue weighted by molar-refractivity contribution is 7.89. The molecule has 0 saturated carbocycles. The molecule has 21 heavy (non-hydrogen) atoms. The molecule has 0 aliphatic carbocycles. The minimum atomic E-state index is -3.76. The summed E-state index contributed by atoms with van der Waals surface area (Å²) in [6.45, 7) is 7.54. The maximum absolute atomic E-state index is 11.8. The predicted molar refractivity (Wildman–Crippen MR) is 80.7 cm³/mol. The van der Waals surface area contributed by atoms with Gasteiger partial charge in [-0.05, 0) is 50.5 Å². The van der Waals surface area contributed by atoms with Crippen LogP contribution in [0.3, 0.4) is 0 Å². The van der Waals surface area contributed by atoms with Crippen LogP contribution in [0.15, 0.2) is 17.0 Å². The molecular weight excluding hydrogens is 292 g/mol. The standard InChI is InChI=1S/C14H22N2O4S/c1-5-6-16-14(17)11(4)20-12-7-10(3)13(8-9(12)2)21(15,18)19/h7-8,11H,5-6H2,1-4H3,(H,16,17)(H2,15,18,19). The summed E-state index contributed by atoms with van der Waals surface area (Å²) in [5.41, 5.74) is 1.10. The number of primary sulfonamides is 1. The fourth-order valence-electron chi connectivity index (χ4n) is 1.83. The van der Waals surface area contributed by atoms with Crippen molar-refractivity contribution in [3.63, 3.8) is 0 Å². The topological polar surface area (TPSA) is 98.5 Å². The maximum atomic E-state index is 11.8. The first kappa shape index (κ1) is 17.5. The van der Waals surface area contributed by atoms with E-state index in [-0.39, 0.29) is 10.8 Å². The van der Waals surface area contributed by atoms with Crippen molar-refractivity contribution in [2.45, 2.75) is 45.1 Å². The molecule has 0 aromatic heterocycles. The quantitative estimate of drug-likeness (QED) is 0.825. The van der Waals surface area contributed by atoms with Gasteiger partial charge in [0.05, 0.1) is 4.90 Å². The number of nitrogens with one attached hydrogen (secondary N) is 1. The van der Waals surface area contributed by atoms with E-state index in [9.17, 15) is 13.2 Å². The molecule has 0 heterocycles. The molecule has 0 aliphatic heterocycles. The number of ether oxygens (including phenoxy) is 1. The summed E-state index contributed by atoms with van der Waals surface area (Å²) in [6, 6.07) is 3.04. The van der Waals surface area contributed by atoms with Gasteiger partial charge in [0.2, 0.25) is 10.0 Å². The first-order chi connectivity index (χ1) is 9.66. The fourth-order valence-corrected chi connectivity index (χ4v) is 2.68. The molecule has 0 aliphatic rings. The van der Waals surface area contributed by atoms with E-state index in [0.717, 1.165) is 6.42 Å². The Kier molecular flexibility index (Phi) is 5.74. The minimum absolute atomic E-state index is 0.0652. The van der Waals surface area contributed by atoms with Gasteiger partial charge in [0.1, 0.15) is 5.75 Å². The van der Waals surface area contributed by atoms with Gasteiger partial charge < -0.3 is 10.1 Å². The Bertz CT molecular complexity index is 626. The molecule has 0 saturated heterocycles. The Morgan fingerprint density at radius 3 is 2.48 bits per heavy atom. The molecule has 1 rings (SSSR count). The van der Waals surface area contributed by atoms with E-state index in [0.29, 0.717) is 23.4 Å². The van der Waals surface area contributed by atoms with E-state index in [4.69, 9.17) is 9.88 Å². The summed E-state index contributed by atoms with van der Waals surface area (Å²) in [7, 11) is -3.76. The van der Waals surface area contributed by atoms with Gasteiger partial charge in [-0.25, -0.2) is 13.6 Å². The lowest BCUT2D eigenvalue weighted by Gasteiger charge is -2.17. The normalized spacial score (nSPS) is 12.8. The van der Waals surface area contributed by atoms with Crippen LogP contribution in [0.1, 0.15) is 31.4 Å². The van der Waals surface area contributed by atoms with Crippen molar-refractivity contribution in [2.75, 3.05) is 6.54 Å². The van der Waals surface area contributed by atoms with Crippen molar-refractivity contribution < 1.29 is 17.9 Å². The number of carbonyl (C=O) groups is 1. The lowest BCUT2D eigenvalue weighted by Crippen LogP contribution is -2.36. The van der Waals surface area contributed by atoms with Crippen molar-refractivity contribution in [1.29, 1.82) is 0 Å². The third kappa shape index (κ3) is 4.71. The molecule has 1 atom stereocenters. The second-order valence-electron chi connectivity index (χ2n) is 4.98. The van der Waals surface area contributed by atoms with Crippen LogP contribution in [-0.2, 0) is 14.8 Å². The van der Waals surface area contributed by atoms with Gasteiger partial charge in [0, 0.05) is 6.54 Å². The number of carbonyl (C=O) groups excluding carboxylic acids is 1. The lowest BCUT2D eigenvalue weighted by molar-refractivity contribution is -0.127. The average molecular weight is 314 g/mol. The summed E-state index contributed by atoms with van der Waals surface area (Å²) in [4.78, 5) is 11.8. The van der Waals surface area contributed by atoms with Crippen molar-refractivity contribution in [2.24, 2.45) is 5.14 Å². The minimum Gasteiger partial charge on any atom is -0.481 e. The third-order valence-corrected chi connectivity index (χ3v) is 4.05. The zero-order chi connectivity index (χ0) is 16.2. The lowest BCUT2D eigenvalue weighted by atomic mass is 10.1. The summed E-state index contributed by atoms with van der Waals surface area (Å²) in [6.07, 6.45) is 0.189. The maximum Gasteiger partial charge on any atom is 0.260 e. The number of hydrogen-bond donors (Lipinski definition) is 2. The van der Waals surface area contributed by atoms with E-state index < -0.39 is 16.1 Å². The van der Waals surface area contributed by atoms with Crippen molar-refractivity contribution in [1.82, 2.24) is 5.32 Å². The van der Waals surface area contributed by atoms with Crippen LogP contribution in [0.5, 0.6) is 5.75 Å². The molecule has 0 radical (unpaired) electrons. The molecule has 1 amide bonds. The highest BCUT2D eigenvalue weighted by Crippen LogP contribution is 2.26. The molecular formula is C14H22N2O4S. The number of amides is 1. The molecule has 0 fully saturated rings. The van der Waals surface area contributed by atoms with Gasteiger partial charge in [-0.1, -0.05) is 6.92 Å². The van der Waals surface area contributed by atoms with E-state index in [1.165, 1.54) is 6.07 Å². The van der Waals surface area contributed by atoms with Crippen LogP contribution in [0.4, 0.5) is 0 Å². The van der Waals surface area contributed by atoms with E-state index in [2.05, 4.69) is 5.32 Å². The van der Waals surface area contributed by atoms with Crippen LogP contribution in [-0.4, -0.2) is 27.0 Å². The average Bonchev–Trinajstić information content (AvgIpc) is 2.38. The van der Waals surface area contributed by atoms with Gasteiger partial charge in [-0.3, -0.25) is 4.79 Å². The summed E-state index contributed by atoms with van der Waals surface area (Å²) >= 11 is 0. The van der Waals surface area contributed by atoms with Crippen LogP contribution in [0.2, 0.25) is 0 Å². The molecule has 0 spiro atoms.